The van der Waals surface area contributed by atoms with Crippen LogP contribution in [0.1, 0.15) is 29.3 Å². The number of rotatable bonds is 4. The van der Waals surface area contributed by atoms with Crippen LogP contribution in [0.4, 0.5) is 8.78 Å². The molecule has 1 aliphatic heterocycles. The molecule has 1 saturated heterocycles. The van der Waals surface area contributed by atoms with E-state index in [1.807, 2.05) is 31.2 Å². The number of amides is 1. The summed E-state index contributed by atoms with van der Waals surface area (Å²) in [6.07, 6.45) is 0.232. The molecule has 4 rings (SSSR count). The van der Waals surface area contributed by atoms with Gasteiger partial charge in [0.1, 0.15) is 11.6 Å². The maximum Gasteiger partial charge on any atom is 0.258 e. The highest BCUT2D eigenvalue weighted by atomic mass is 19.1. The fraction of sp³-hybridized carbons (Fsp3) is 0.250. The number of aryl methyl sites for hydroxylation is 1. The molecular formula is C20H17F2N3O2. The van der Waals surface area contributed by atoms with Crippen LogP contribution in [-0.2, 0) is 11.3 Å². The van der Waals surface area contributed by atoms with E-state index in [1.54, 1.807) is 0 Å². The van der Waals surface area contributed by atoms with E-state index in [1.165, 1.54) is 17.0 Å². The molecule has 3 aromatic rings. The second-order valence-electron chi connectivity index (χ2n) is 6.68. The van der Waals surface area contributed by atoms with Crippen molar-refractivity contribution in [2.75, 3.05) is 6.54 Å². The highest BCUT2D eigenvalue weighted by Gasteiger charge is 2.34. The number of hydrogen-bond acceptors (Lipinski definition) is 4. The standard InChI is InChI=1S/C20H17F2N3O2/c1-12-4-2-3-5-16(12)20-23-19(24-27-20)14-8-18(26)25(11-14)10-13-6-7-15(21)9-17(13)22/h2-7,9,14H,8,10-11H2,1H3. The summed E-state index contributed by atoms with van der Waals surface area (Å²) in [4.78, 5) is 18.3. The lowest BCUT2D eigenvalue weighted by molar-refractivity contribution is -0.128. The van der Waals surface area contributed by atoms with Gasteiger partial charge < -0.3 is 9.42 Å². The Morgan fingerprint density at radius 3 is 2.81 bits per heavy atom. The van der Waals surface area contributed by atoms with Gasteiger partial charge in [-0.2, -0.15) is 4.98 Å². The zero-order valence-corrected chi connectivity index (χ0v) is 14.7. The summed E-state index contributed by atoms with van der Waals surface area (Å²) < 4.78 is 32.3. The van der Waals surface area contributed by atoms with Gasteiger partial charge in [0.05, 0.1) is 0 Å². The molecule has 0 spiro atoms. The van der Waals surface area contributed by atoms with Crippen molar-refractivity contribution in [2.24, 2.45) is 0 Å². The topological polar surface area (TPSA) is 59.2 Å². The van der Waals surface area contributed by atoms with Gasteiger partial charge in [-0.1, -0.05) is 29.4 Å². The number of carbonyl (C=O) groups excluding carboxylic acids is 1. The number of halogens is 2. The van der Waals surface area contributed by atoms with Crippen LogP contribution < -0.4 is 0 Å². The van der Waals surface area contributed by atoms with Gasteiger partial charge in [-0.25, -0.2) is 8.78 Å². The molecule has 0 saturated carbocycles. The zero-order valence-electron chi connectivity index (χ0n) is 14.7. The van der Waals surface area contributed by atoms with Crippen LogP contribution in [-0.4, -0.2) is 27.5 Å². The van der Waals surface area contributed by atoms with E-state index in [0.717, 1.165) is 17.2 Å². The lowest BCUT2D eigenvalue weighted by Gasteiger charge is -2.16. The van der Waals surface area contributed by atoms with Crippen molar-refractivity contribution in [2.45, 2.75) is 25.8 Å². The van der Waals surface area contributed by atoms with Crippen LogP contribution in [0.3, 0.4) is 0 Å². The molecule has 0 N–H and O–H groups in total. The first kappa shape index (κ1) is 17.3. The molecule has 0 radical (unpaired) electrons. The van der Waals surface area contributed by atoms with E-state index in [2.05, 4.69) is 10.1 Å². The largest absolute Gasteiger partial charge is 0.337 e. The minimum atomic E-state index is -0.660. The summed E-state index contributed by atoms with van der Waals surface area (Å²) in [6, 6.07) is 11.0. The number of hydrogen-bond donors (Lipinski definition) is 0. The summed E-state index contributed by atoms with van der Waals surface area (Å²) in [5.41, 5.74) is 2.15. The van der Waals surface area contributed by atoms with Crippen molar-refractivity contribution in [3.05, 3.63) is 71.1 Å². The van der Waals surface area contributed by atoms with Gasteiger partial charge in [-0.15, -0.1) is 0 Å². The predicted molar refractivity (Wildman–Crippen MR) is 93.6 cm³/mol. The summed E-state index contributed by atoms with van der Waals surface area (Å²) in [5.74, 6) is -0.763. The Hall–Kier alpha value is -3.09. The Morgan fingerprint density at radius 2 is 2.04 bits per heavy atom. The Bertz CT molecular complexity index is 1000. The van der Waals surface area contributed by atoms with E-state index < -0.39 is 11.6 Å². The van der Waals surface area contributed by atoms with Gasteiger partial charge >= 0.3 is 0 Å². The summed E-state index contributed by atoms with van der Waals surface area (Å²) in [6.45, 7) is 2.41. The molecule has 7 heteroatoms. The predicted octanol–water partition coefficient (Wildman–Crippen LogP) is 3.84. The Kier molecular flexibility index (Phi) is 4.43. The van der Waals surface area contributed by atoms with Crippen molar-refractivity contribution in [1.29, 1.82) is 0 Å². The van der Waals surface area contributed by atoms with Crippen molar-refractivity contribution in [1.82, 2.24) is 15.0 Å². The second-order valence-corrected chi connectivity index (χ2v) is 6.68. The van der Waals surface area contributed by atoms with Crippen LogP contribution in [0.5, 0.6) is 0 Å². The van der Waals surface area contributed by atoms with Crippen molar-refractivity contribution < 1.29 is 18.1 Å². The molecule has 1 fully saturated rings. The van der Waals surface area contributed by atoms with Crippen LogP contribution in [0.25, 0.3) is 11.5 Å². The molecule has 1 aliphatic rings. The maximum atomic E-state index is 13.9. The van der Waals surface area contributed by atoms with E-state index in [-0.39, 0.29) is 30.4 Å². The third kappa shape index (κ3) is 3.45. The molecule has 1 atom stereocenters. The first-order chi connectivity index (χ1) is 13.0. The van der Waals surface area contributed by atoms with Crippen molar-refractivity contribution in [3.63, 3.8) is 0 Å². The van der Waals surface area contributed by atoms with Gasteiger partial charge in [0, 0.05) is 42.6 Å². The molecule has 2 heterocycles. The molecule has 5 nitrogen and oxygen atoms in total. The van der Waals surface area contributed by atoms with Gasteiger partial charge in [0.15, 0.2) is 5.82 Å². The molecule has 0 bridgehead atoms. The molecule has 138 valence electrons. The minimum absolute atomic E-state index is 0.0873. The summed E-state index contributed by atoms with van der Waals surface area (Å²) >= 11 is 0. The maximum absolute atomic E-state index is 13.9. The smallest absolute Gasteiger partial charge is 0.258 e. The van der Waals surface area contributed by atoms with Gasteiger partial charge in [0.25, 0.3) is 5.89 Å². The van der Waals surface area contributed by atoms with E-state index in [4.69, 9.17) is 4.52 Å². The monoisotopic (exact) mass is 369 g/mol. The van der Waals surface area contributed by atoms with Crippen LogP contribution in [0.2, 0.25) is 0 Å². The first-order valence-electron chi connectivity index (χ1n) is 8.62. The Balaban J connectivity index is 1.50. The highest BCUT2D eigenvalue weighted by Crippen LogP contribution is 2.30. The minimum Gasteiger partial charge on any atom is -0.337 e. The zero-order chi connectivity index (χ0) is 19.0. The van der Waals surface area contributed by atoms with Crippen molar-refractivity contribution >= 4 is 5.91 Å². The molecule has 2 aromatic carbocycles. The third-order valence-electron chi connectivity index (χ3n) is 4.77. The van der Waals surface area contributed by atoms with Crippen molar-refractivity contribution in [3.8, 4) is 11.5 Å². The number of aromatic nitrogens is 2. The molecule has 1 aromatic heterocycles. The number of likely N-dealkylation sites (tertiary alicyclic amines) is 1. The molecular weight excluding hydrogens is 352 g/mol. The quantitative estimate of drug-likeness (QED) is 0.701. The molecule has 27 heavy (non-hydrogen) atoms. The Labute approximate surface area is 154 Å². The number of benzene rings is 2. The van der Waals surface area contributed by atoms with Crippen LogP contribution >= 0.6 is 0 Å². The summed E-state index contributed by atoms with van der Waals surface area (Å²) in [5, 5.41) is 4.03. The number of carbonyl (C=O) groups is 1. The van der Waals surface area contributed by atoms with E-state index >= 15 is 0 Å². The normalized spacial score (nSPS) is 16.9. The van der Waals surface area contributed by atoms with E-state index in [9.17, 15) is 13.6 Å². The second kappa shape index (κ2) is 6.90. The highest BCUT2D eigenvalue weighted by molar-refractivity contribution is 5.79. The lowest BCUT2D eigenvalue weighted by atomic mass is 10.1. The Morgan fingerprint density at radius 1 is 1.22 bits per heavy atom. The fourth-order valence-electron chi connectivity index (χ4n) is 3.28. The van der Waals surface area contributed by atoms with Crippen LogP contribution in [0, 0.1) is 18.6 Å². The molecule has 1 amide bonds. The SMILES string of the molecule is Cc1ccccc1-c1nc(C2CC(=O)N(Cc3ccc(F)cc3F)C2)no1. The number of nitrogens with zero attached hydrogens (tertiary/aromatic N) is 3. The summed E-state index contributed by atoms with van der Waals surface area (Å²) in [7, 11) is 0. The van der Waals surface area contributed by atoms with Gasteiger partial charge in [0.2, 0.25) is 5.91 Å². The van der Waals surface area contributed by atoms with Gasteiger partial charge in [-0.05, 0) is 24.6 Å². The molecule has 1 unspecified atom stereocenters. The van der Waals surface area contributed by atoms with E-state index in [0.29, 0.717) is 18.3 Å². The third-order valence-corrected chi connectivity index (χ3v) is 4.77. The lowest BCUT2D eigenvalue weighted by Crippen LogP contribution is -2.25. The molecule has 0 aliphatic carbocycles. The average Bonchev–Trinajstić information content (AvgIpc) is 3.25. The first-order valence-corrected chi connectivity index (χ1v) is 8.62. The van der Waals surface area contributed by atoms with Crippen LogP contribution in [0.15, 0.2) is 47.0 Å². The average molecular weight is 369 g/mol. The van der Waals surface area contributed by atoms with Gasteiger partial charge in [-0.3, -0.25) is 4.79 Å². The fourth-order valence-corrected chi connectivity index (χ4v) is 3.28.